The highest BCUT2D eigenvalue weighted by Crippen LogP contribution is 2.64. The molecule has 10 unspecified atom stereocenters. The van der Waals surface area contributed by atoms with E-state index in [9.17, 15) is 0 Å². The molecule has 0 saturated carbocycles. The van der Waals surface area contributed by atoms with E-state index in [2.05, 4.69) is 590 Å². The van der Waals surface area contributed by atoms with Gasteiger partial charge in [0.15, 0.2) is 11.5 Å². The predicted molar refractivity (Wildman–Crippen MR) is 641 cm³/mol. The van der Waals surface area contributed by atoms with Crippen LogP contribution in [0.1, 0.15) is 153 Å². The summed E-state index contributed by atoms with van der Waals surface area (Å²) in [4.78, 5) is 9.67. The van der Waals surface area contributed by atoms with Crippen LogP contribution >= 0.6 is 0 Å². The van der Waals surface area contributed by atoms with Gasteiger partial charge in [0.05, 0.1) is 22.7 Å². The molecule has 6 aliphatic heterocycles. The van der Waals surface area contributed by atoms with E-state index in [-0.39, 0.29) is 112 Å². The van der Waals surface area contributed by atoms with Crippen LogP contribution < -0.4 is 68.0 Å². The fraction of sp³-hybridized carbons (Fsp3) is 0.206. The smallest absolute Gasteiger partial charge is 0.217 e. The van der Waals surface area contributed by atoms with Gasteiger partial charge in [-0.3, -0.25) is 0 Å². The molecular weight excluding hydrogens is 1810 g/mol. The maximum Gasteiger partial charge on any atom is 0.217 e. The minimum Gasteiger partial charge on any atom is -0.453 e. The van der Waals surface area contributed by atoms with Gasteiger partial charge in [0.2, 0.25) is 26.9 Å². The maximum absolute atomic E-state index is 6.39. The van der Waals surface area contributed by atoms with Crippen molar-refractivity contribution in [2.75, 3.05) is 19.6 Å². The van der Waals surface area contributed by atoms with E-state index in [4.69, 9.17) is 4.74 Å². The Morgan fingerprint density at radius 2 is 0.427 bits per heavy atom. The van der Waals surface area contributed by atoms with Gasteiger partial charge < -0.3 is 24.3 Å². The fourth-order valence-corrected chi connectivity index (χ4v) is 28.4. The molecule has 6 heterocycles. The number of rotatable bonds is 12. The normalized spacial score (nSPS) is 21.3. The van der Waals surface area contributed by atoms with Crippen LogP contribution in [0.2, 0.25) is 23.3 Å². The maximum atomic E-state index is 6.39. The average Bonchev–Trinajstić information content (AvgIpc) is 0.675. The second kappa shape index (κ2) is 37.2. The molecule has 2 spiro atoms. The van der Waals surface area contributed by atoms with Gasteiger partial charge in [-0.1, -0.05) is 493 Å². The van der Waals surface area contributed by atoms with Crippen molar-refractivity contribution in [1.29, 1.82) is 0 Å². The van der Waals surface area contributed by atoms with Crippen LogP contribution in [0.3, 0.4) is 0 Å². The van der Waals surface area contributed by atoms with Crippen molar-refractivity contribution < 1.29 is 4.74 Å². The van der Waals surface area contributed by atoms with Crippen LogP contribution in [0, 0.1) is 23.7 Å². The molecule has 9 heteroatoms. The highest BCUT2D eigenvalue weighted by molar-refractivity contribution is 6.90. The number of hydrogen-bond acceptors (Lipinski definition) is 5. The Kier molecular flexibility index (Phi) is 23.7. The molecule has 10 aliphatic rings. The quantitative estimate of drug-likeness (QED) is 0.113. The number of benzene rings is 16. The monoisotopic (exact) mass is 1940 g/mol. The molecule has 10 atom stereocenters. The van der Waals surface area contributed by atoms with Crippen LogP contribution in [0.4, 0.5) is 68.2 Å². The first kappa shape index (κ1) is 95.6. The summed E-state index contributed by atoms with van der Waals surface area (Å²) in [6.45, 7) is 32.8. The number of allylic oxidation sites excluding steroid dienone is 16. The van der Waals surface area contributed by atoms with Gasteiger partial charge in [-0.05, 0) is 258 Å². The molecular formula is C141H130B4N4O. The molecule has 732 valence electrons. The molecule has 0 aromatic heterocycles. The van der Waals surface area contributed by atoms with Gasteiger partial charge >= 0.3 is 0 Å². The first-order valence-electron chi connectivity index (χ1n) is 54.6. The lowest BCUT2D eigenvalue weighted by atomic mass is 9.19. The third-order valence-electron chi connectivity index (χ3n) is 35.4. The molecule has 0 saturated heterocycles. The van der Waals surface area contributed by atoms with Crippen molar-refractivity contribution in [1.82, 2.24) is 0 Å². The minimum atomic E-state index is -0.311. The molecule has 4 aliphatic carbocycles. The summed E-state index contributed by atoms with van der Waals surface area (Å²) in [7, 11) is 0. The van der Waals surface area contributed by atoms with Crippen LogP contribution in [-0.2, 0) is 37.9 Å². The minimum absolute atomic E-state index is 0.0693. The molecule has 16 aromatic carbocycles. The van der Waals surface area contributed by atoms with E-state index in [1.807, 2.05) is 12.1 Å². The highest BCUT2D eigenvalue weighted by atomic mass is 16.5. The summed E-state index contributed by atoms with van der Waals surface area (Å²) in [5, 5.41) is 0. The summed E-state index contributed by atoms with van der Waals surface area (Å²) < 4.78 is 6.39. The Morgan fingerprint density at radius 3 is 0.687 bits per heavy atom. The molecule has 26 rings (SSSR count). The summed E-state index contributed by atoms with van der Waals surface area (Å²) in [5.74, 6) is 3.52. The standard InChI is InChI=1S/C72H68B2N2.C69H62B2N2O/c1-69(2,3)49-33-41-53(42-34-49)75(54-43-35-50(36-44-54)70(4,5)6)55-45-37-51(38-46-55)73-63-27-15-9-21-57(63)72(58-22-10-16-28-64(58)73)59-23-11-17-29-65(59)74(66-30-18-12-24-60(66)72)52-39-47-56(48-40-52)76-67-31-19-13-25-61(67)71(7,8)62-26-14-20-32-68(62)76;1-67(2,3)47-31-39-51(40-32-47)72(52-41-33-48(34-42-52)68(4,5)6)53-43-35-49(36-44-53)70-59-23-11-7-19-55(59)69(56-20-8-12-24-60(56)70)57-21-9-13-25-61(57)71(62-26-14-10-22-58(62)69)50-37-45-54(46-38-50)73-63-27-15-17-29-65(63)74-66-30-18-16-28-64(66)73/h9-48,57,59,63,65H,1-8H3;7-46,55,57,59,61H,1-6H3. The van der Waals surface area contributed by atoms with Crippen molar-refractivity contribution in [3.63, 3.8) is 0 Å². The number of para-hydroxylation sites is 6. The molecule has 0 N–H and O–H groups in total. The van der Waals surface area contributed by atoms with Gasteiger partial charge in [0.25, 0.3) is 0 Å². The van der Waals surface area contributed by atoms with Gasteiger partial charge in [-0.25, -0.2) is 0 Å². The summed E-state index contributed by atoms with van der Waals surface area (Å²) >= 11 is 0. The Balaban J connectivity index is 0.000000155. The van der Waals surface area contributed by atoms with Crippen LogP contribution in [0.15, 0.2) is 485 Å². The number of fused-ring (bicyclic) bond motifs is 20. The summed E-state index contributed by atoms with van der Waals surface area (Å²) in [6, 6.07) is 148. The Morgan fingerprint density at radius 1 is 0.220 bits per heavy atom. The van der Waals surface area contributed by atoms with E-state index in [1.54, 1.807) is 0 Å². The fourth-order valence-electron chi connectivity index (χ4n) is 28.4. The third-order valence-corrected chi connectivity index (χ3v) is 35.4. The Hall–Kier alpha value is -15.3. The molecule has 0 radical (unpaired) electrons. The van der Waals surface area contributed by atoms with E-state index >= 15 is 0 Å². The molecule has 0 bridgehead atoms. The second-order valence-electron chi connectivity index (χ2n) is 48.1. The Bertz CT molecular complexity index is 7910. The largest absolute Gasteiger partial charge is 0.453 e. The van der Waals surface area contributed by atoms with Gasteiger partial charge in [-0.2, -0.15) is 0 Å². The molecule has 150 heavy (non-hydrogen) atoms. The van der Waals surface area contributed by atoms with E-state index < -0.39 is 0 Å². The van der Waals surface area contributed by atoms with Crippen molar-refractivity contribution >= 4 is 139 Å². The van der Waals surface area contributed by atoms with Crippen molar-refractivity contribution in [2.45, 2.75) is 158 Å². The van der Waals surface area contributed by atoms with Crippen molar-refractivity contribution in [3.05, 3.63) is 541 Å². The third kappa shape index (κ3) is 15.9. The zero-order valence-corrected chi connectivity index (χ0v) is 88.8. The summed E-state index contributed by atoms with van der Waals surface area (Å²) in [5.41, 5.74) is 38.4. The van der Waals surface area contributed by atoms with Crippen LogP contribution in [-0.4, -0.2) is 26.9 Å². The lowest BCUT2D eigenvalue weighted by molar-refractivity contribution is 0.281. The number of ether oxygens (including phenoxy) is 1. The van der Waals surface area contributed by atoms with Gasteiger partial charge in [0, 0.05) is 61.7 Å². The van der Waals surface area contributed by atoms with E-state index in [0.717, 1.165) is 62.7 Å². The van der Waals surface area contributed by atoms with E-state index in [0.29, 0.717) is 0 Å². The van der Waals surface area contributed by atoms with Gasteiger partial charge in [-0.15, -0.1) is 0 Å². The summed E-state index contributed by atoms with van der Waals surface area (Å²) in [6.07, 6.45) is 39.0. The second-order valence-corrected chi connectivity index (χ2v) is 48.1. The first-order valence-corrected chi connectivity index (χ1v) is 54.6. The number of anilines is 12. The lowest BCUT2D eigenvalue weighted by Gasteiger charge is -2.59. The SMILES string of the molecule is CC(C)(C)c1ccc(N(c2ccc(B3c4ccccc4C4(c5ccccc5B(c5ccc(N6c7ccccc7C(C)(C)c7ccccc76)cc5)C5C=CC=CC54)C4C=CC=CC34)cc2)c2ccc(C(C)(C)C)cc2)cc1.CC(C)(C)c1ccc(N(c2ccc(B3c4ccccc4C4(c5ccccc5B(c5ccc(N6c7ccccc7Oc7ccccc76)cc5)C5C=CC=CC54)C4C=CC=CC34)cc2)c2ccc(C(C)(C)C)cc2)cc1. The predicted octanol–water partition coefficient (Wildman–Crippen LogP) is 30.7. The zero-order chi connectivity index (χ0) is 102. The molecule has 16 aromatic rings. The van der Waals surface area contributed by atoms with Crippen molar-refractivity contribution in [3.8, 4) is 11.5 Å². The topological polar surface area (TPSA) is 22.2 Å². The molecule has 0 amide bonds. The first-order chi connectivity index (χ1) is 72.7. The number of nitrogens with zero attached hydrogens (tertiary/aromatic N) is 4. The lowest BCUT2D eigenvalue weighted by Crippen LogP contribution is -2.67. The Labute approximate surface area is 891 Å². The molecule has 0 fully saturated rings. The average molecular weight is 1940 g/mol. The van der Waals surface area contributed by atoms with Gasteiger partial charge in [0.1, 0.15) is 0 Å². The molecule has 5 nitrogen and oxygen atoms in total. The van der Waals surface area contributed by atoms with Crippen LogP contribution in [0.25, 0.3) is 0 Å². The highest BCUT2D eigenvalue weighted by Gasteiger charge is 2.64. The zero-order valence-electron chi connectivity index (χ0n) is 88.8. The van der Waals surface area contributed by atoms with E-state index in [1.165, 1.54) is 116 Å². The number of hydrogen-bond donors (Lipinski definition) is 0. The van der Waals surface area contributed by atoms with Crippen molar-refractivity contribution in [2.24, 2.45) is 23.7 Å². The van der Waals surface area contributed by atoms with Crippen LogP contribution in [0.5, 0.6) is 11.5 Å².